The molecule has 132 valence electrons. The zero-order valence-corrected chi connectivity index (χ0v) is 15.1. The van der Waals surface area contributed by atoms with Gasteiger partial charge < -0.3 is 5.32 Å². The average Bonchev–Trinajstić information content (AvgIpc) is 2.62. The molecular weight excluding hydrogens is 348 g/mol. The number of carbonyl (C=O) groups excluding carboxylic acids is 1. The number of amides is 1. The normalized spacial score (nSPS) is 10.5. The number of aromatic nitrogens is 1. The van der Waals surface area contributed by atoms with Gasteiger partial charge in [0, 0.05) is 29.6 Å². The molecule has 2 aromatic carbocycles. The lowest BCUT2D eigenvalue weighted by Gasteiger charge is -2.07. The van der Waals surface area contributed by atoms with Crippen molar-refractivity contribution in [2.45, 2.75) is 19.9 Å². The van der Waals surface area contributed by atoms with E-state index in [1.165, 1.54) is 6.07 Å². The van der Waals surface area contributed by atoms with E-state index in [1.54, 1.807) is 12.1 Å². The summed E-state index contributed by atoms with van der Waals surface area (Å²) < 4.78 is 1.10. The molecule has 0 saturated heterocycles. The summed E-state index contributed by atoms with van der Waals surface area (Å²) in [6, 6.07) is 18.2. The Kier molecular flexibility index (Phi) is 5.43. The molecule has 0 spiro atoms. The van der Waals surface area contributed by atoms with Crippen LogP contribution in [0.3, 0.4) is 0 Å². The molecule has 1 heterocycles. The highest BCUT2D eigenvalue weighted by Crippen LogP contribution is 2.20. The number of benzene rings is 2. The van der Waals surface area contributed by atoms with Gasteiger partial charge >= 0.3 is 4.87 Å². The van der Waals surface area contributed by atoms with Crippen LogP contribution in [0, 0.1) is 6.92 Å². The fraction of sp³-hybridized carbons (Fsp3) is 0.150. The summed E-state index contributed by atoms with van der Waals surface area (Å²) in [4.78, 5) is 36.9. The van der Waals surface area contributed by atoms with Gasteiger partial charge in [0.25, 0.3) is 5.56 Å². The van der Waals surface area contributed by atoms with Crippen LogP contribution in [0.25, 0.3) is 10.4 Å². The maximum absolute atomic E-state index is 12.3. The van der Waals surface area contributed by atoms with Gasteiger partial charge in [-0.05, 0) is 24.6 Å². The molecule has 0 aliphatic carbocycles. The lowest BCUT2D eigenvalue weighted by Crippen LogP contribution is -2.32. The molecule has 1 amide bonds. The van der Waals surface area contributed by atoms with Crippen molar-refractivity contribution in [2.75, 3.05) is 5.32 Å². The van der Waals surface area contributed by atoms with Crippen LogP contribution in [-0.2, 0) is 11.3 Å². The topological polar surface area (TPSA) is 68.2 Å². The summed E-state index contributed by atoms with van der Waals surface area (Å²) in [5.74, 6) is -0.241. The van der Waals surface area contributed by atoms with Crippen molar-refractivity contribution >= 4 is 22.9 Å². The number of hydrogen-bond acceptors (Lipinski definition) is 4. The fourth-order valence-corrected chi connectivity index (χ4v) is 3.37. The van der Waals surface area contributed by atoms with Crippen LogP contribution in [0.5, 0.6) is 0 Å². The van der Waals surface area contributed by atoms with E-state index in [2.05, 4.69) is 5.32 Å². The largest absolute Gasteiger partial charge is 0.326 e. The van der Waals surface area contributed by atoms with Gasteiger partial charge in [0.05, 0.1) is 0 Å². The Morgan fingerprint density at radius 2 is 1.73 bits per heavy atom. The van der Waals surface area contributed by atoms with Crippen LogP contribution < -0.4 is 15.7 Å². The molecule has 0 fully saturated rings. The first-order valence-corrected chi connectivity index (χ1v) is 9.01. The Morgan fingerprint density at radius 3 is 2.38 bits per heavy atom. The number of para-hydroxylation sites is 1. The van der Waals surface area contributed by atoms with Crippen molar-refractivity contribution < 1.29 is 4.79 Å². The fourth-order valence-electron chi connectivity index (χ4n) is 2.48. The number of carbonyl (C=O) groups is 1. The minimum absolute atomic E-state index is 0.0562. The van der Waals surface area contributed by atoms with Crippen LogP contribution >= 0.6 is 11.3 Å². The van der Waals surface area contributed by atoms with E-state index < -0.39 is 5.56 Å². The number of hydrogen-bond donors (Lipinski definition) is 1. The van der Waals surface area contributed by atoms with E-state index >= 15 is 0 Å². The third kappa shape index (κ3) is 4.34. The molecule has 3 rings (SSSR count). The standard InChI is InChI=1S/C20H18N2O3S/c1-14-7-9-15(10-8-14)17-13-19(24)22(20(25)26-17)12-11-18(23)21-16-5-3-2-4-6-16/h2-10,13H,11-12H2,1H3,(H,21,23). The molecule has 0 radical (unpaired) electrons. The smallest absolute Gasteiger partial charge is 0.310 e. The van der Waals surface area contributed by atoms with Gasteiger partial charge in [-0.1, -0.05) is 59.4 Å². The molecule has 0 saturated carbocycles. The van der Waals surface area contributed by atoms with E-state index in [4.69, 9.17) is 0 Å². The highest BCUT2D eigenvalue weighted by atomic mass is 32.1. The summed E-state index contributed by atoms with van der Waals surface area (Å²) in [5.41, 5.74) is 2.24. The summed E-state index contributed by atoms with van der Waals surface area (Å²) in [6.45, 7) is 2.03. The summed E-state index contributed by atoms with van der Waals surface area (Å²) in [5, 5.41) is 2.74. The van der Waals surface area contributed by atoms with Crippen LogP contribution in [-0.4, -0.2) is 10.5 Å². The molecular formula is C20H18N2O3S. The molecule has 0 unspecified atom stereocenters. The van der Waals surface area contributed by atoms with Crippen LogP contribution in [0.1, 0.15) is 12.0 Å². The second-order valence-electron chi connectivity index (χ2n) is 5.90. The molecule has 5 nitrogen and oxygen atoms in total. The summed E-state index contributed by atoms with van der Waals surface area (Å²) in [6.07, 6.45) is 0.0562. The maximum Gasteiger partial charge on any atom is 0.310 e. The Balaban J connectivity index is 1.73. The SMILES string of the molecule is Cc1ccc(-c2cc(=O)n(CCC(=O)Nc3ccccc3)c(=O)s2)cc1. The Bertz CT molecular complexity index is 990. The molecule has 0 bridgehead atoms. The highest BCUT2D eigenvalue weighted by Gasteiger charge is 2.09. The minimum atomic E-state index is -0.392. The molecule has 1 N–H and O–H groups in total. The van der Waals surface area contributed by atoms with Crippen molar-refractivity contribution in [2.24, 2.45) is 0 Å². The zero-order chi connectivity index (χ0) is 18.5. The van der Waals surface area contributed by atoms with Gasteiger partial charge in [0.2, 0.25) is 5.91 Å². The molecule has 3 aromatic rings. The number of rotatable bonds is 5. The lowest BCUT2D eigenvalue weighted by atomic mass is 10.1. The average molecular weight is 366 g/mol. The van der Waals surface area contributed by atoms with E-state index in [1.807, 2.05) is 49.4 Å². The zero-order valence-electron chi connectivity index (χ0n) is 14.3. The highest BCUT2D eigenvalue weighted by molar-refractivity contribution is 7.12. The Morgan fingerprint density at radius 1 is 1.04 bits per heavy atom. The summed E-state index contributed by atoms with van der Waals surface area (Å²) in [7, 11) is 0. The molecule has 0 atom stereocenters. The van der Waals surface area contributed by atoms with Gasteiger partial charge in [-0.15, -0.1) is 0 Å². The minimum Gasteiger partial charge on any atom is -0.326 e. The first-order chi connectivity index (χ1) is 12.5. The van der Waals surface area contributed by atoms with Gasteiger partial charge in [-0.25, -0.2) is 0 Å². The van der Waals surface area contributed by atoms with E-state index in [0.717, 1.165) is 27.0 Å². The van der Waals surface area contributed by atoms with Gasteiger partial charge in [0.1, 0.15) is 0 Å². The van der Waals surface area contributed by atoms with Crippen LogP contribution in [0.15, 0.2) is 70.3 Å². The molecule has 1 aromatic heterocycles. The van der Waals surface area contributed by atoms with E-state index in [9.17, 15) is 14.4 Å². The molecule has 0 aliphatic rings. The monoisotopic (exact) mass is 366 g/mol. The predicted octanol–water partition coefficient (Wildman–Crippen LogP) is 3.27. The first kappa shape index (κ1) is 17.8. The van der Waals surface area contributed by atoms with E-state index in [-0.39, 0.29) is 23.7 Å². The summed E-state index contributed by atoms with van der Waals surface area (Å²) >= 11 is 1.01. The molecule has 6 heteroatoms. The number of anilines is 1. The Labute approximate surface area is 154 Å². The molecule has 26 heavy (non-hydrogen) atoms. The second-order valence-corrected chi connectivity index (χ2v) is 6.89. The van der Waals surface area contributed by atoms with Crippen LogP contribution in [0.2, 0.25) is 0 Å². The van der Waals surface area contributed by atoms with Crippen molar-refractivity contribution in [3.63, 3.8) is 0 Å². The van der Waals surface area contributed by atoms with Crippen molar-refractivity contribution in [1.29, 1.82) is 0 Å². The second kappa shape index (κ2) is 7.93. The quantitative estimate of drug-likeness (QED) is 0.753. The predicted molar refractivity (Wildman–Crippen MR) is 105 cm³/mol. The maximum atomic E-state index is 12.3. The van der Waals surface area contributed by atoms with Gasteiger partial charge in [0.15, 0.2) is 0 Å². The third-order valence-electron chi connectivity index (χ3n) is 3.89. The number of nitrogens with zero attached hydrogens (tertiary/aromatic N) is 1. The van der Waals surface area contributed by atoms with Gasteiger partial charge in [-0.2, -0.15) is 0 Å². The van der Waals surface area contributed by atoms with Crippen LogP contribution in [0.4, 0.5) is 5.69 Å². The van der Waals surface area contributed by atoms with Crippen molar-refractivity contribution in [3.8, 4) is 10.4 Å². The van der Waals surface area contributed by atoms with Crippen molar-refractivity contribution in [1.82, 2.24) is 4.57 Å². The Hall–Kier alpha value is -2.99. The lowest BCUT2D eigenvalue weighted by molar-refractivity contribution is -0.116. The first-order valence-electron chi connectivity index (χ1n) is 8.20. The third-order valence-corrected chi connectivity index (χ3v) is 4.86. The number of nitrogens with one attached hydrogen (secondary N) is 1. The van der Waals surface area contributed by atoms with E-state index in [0.29, 0.717) is 10.6 Å². The molecule has 0 aliphatic heterocycles. The number of aryl methyl sites for hydroxylation is 1. The van der Waals surface area contributed by atoms with Crippen molar-refractivity contribution in [3.05, 3.63) is 86.2 Å². The van der Waals surface area contributed by atoms with Gasteiger partial charge in [-0.3, -0.25) is 19.0 Å².